The van der Waals surface area contributed by atoms with Crippen LogP contribution in [0.4, 0.5) is 5.82 Å². The Kier molecular flexibility index (Phi) is 6.94. The van der Waals surface area contributed by atoms with E-state index in [-0.39, 0.29) is 12.0 Å². The molecule has 144 valence electrons. The number of halogens is 2. The minimum atomic E-state index is -0.0917. The number of nitrogens with one attached hydrogen (secondary N) is 1. The Labute approximate surface area is 169 Å². The number of hydrogen-bond acceptors (Lipinski definition) is 4. The lowest BCUT2D eigenvalue weighted by Gasteiger charge is -2.32. The van der Waals surface area contributed by atoms with Crippen molar-refractivity contribution in [1.29, 1.82) is 0 Å². The van der Waals surface area contributed by atoms with Gasteiger partial charge in [-0.3, -0.25) is 4.79 Å². The summed E-state index contributed by atoms with van der Waals surface area (Å²) < 4.78 is 6.02. The molecule has 2 heterocycles. The molecule has 1 saturated heterocycles. The van der Waals surface area contributed by atoms with E-state index >= 15 is 0 Å². The highest BCUT2D eigenvalue weighted by Gasteiger charge is 2.21. The standard InChI is InChI=1S/C20H23Cl2N3O2/c1-2-23-20(26)15-4-6-19(24-12-15)25-9-7-16(8-10-25)27-13-14-3-5-17(21)18(22)11-14/h3-6,11-12,16H,2,7-10,13H2,1H3,(H,23,26). The van der Waals surface area contributed by atoms with Crippen LogP contribution in [0.3, 0.4) is 0 Å². The lowest BCUT2D eigenvalue weighted by atomic mass is 10.1. The average molecular weight is 408 g/mol. The molecule has 5 nitrogen and oxygen atoms in total. The summed E-state index contributed by atoms with van der Waals surface area (Å²) in [6.45, 7) is 4.78. The summed E-state index contributed by atoms with van der Waals surface area (Å²) in [5.74, 6) is 0.803. The van der Waals surface area contributed by atoms with Crippen molar-refractivity contribution >= 4 is 34.9 Å². The maximum Gasteiger partial charge on any atom is 0.252 e. The molecule has 1 aliphatic rings. The minimum Gasteiger partial charge on any atom is -0.373 e. The lowest BCUT2D eigenvalue weighted by molar-refractivity contribution is 0.0250. The third kappa shape index (κ3) is 5.34. The Morgan fingerprint density at radius 2 is 2.00 bits per heavy atom. The first-order chi connectivity index (χ1) is 13.1. The fourth-order valence-corrected chi connectivity index (χ4v) is 3.39. The highest BCUT2D eigenvalue weighted by molar-refractivity contribution is 6.42. The van der Waals surface area contributed by atoms with Crippen LogP contribution in [0.2, 0.25) is 10.0 Å². The summed E-state index contributed by atoms with van der Waals surface area (Å²) in [5, 5.41) is 3.88. The quantitative estimate of drug-likeness (QED) is 0.774. The Morgan fingerprint density at radius 1 is 1.22 bits per heavy atom. The molecule has 0 unspecified atom stereocenters. The van der Waals surface area contributed by atoms with Crippen molar-refractivity contribution in [2.45, 2.75) is 32.5 Å². The van der Waals surface area contributed by atoms with Crippen LogP contribution in [0, 0.1) is 0 Å². The van der Waals surface area contributed by atoms with Crippen LogP contribution >= 0.6 is 23.2 Å². The number of carbonyl (C=O) groups is 1. The minimum absolute atomic E-state index is 0.0917. The number of hydrogen-bond donors (Lipinski definition) is 1. The number of benzene rings is 1. The van der Waals surface area contributed by atoms with E-state index in [1.54, 1.807) is 12.3 Å². The predicted octanol–water partition coefficient (Wildman–Crippen LogP) is 4.32. The van der Waals surface area contributed by atoms with Crippen LogP contribution in [-0.4, -0.2) is 36.6 Å². The number of ether oxygens (including phenoxy) is 1. The molecule has 1 amide bonds. The van der Waals surface area contributed by atoms with Crippen LogP contribution in [0.25, 0.3) is 0 Å². The highest BCUT2D eigenvalue weighted by atomic mass is 35.5. The summed E-state index contributed by atoms with van der Waals surface area (Å²) in [4.78, 5) is 18.5. The maximum atomic E-state index is 11.8. The molecule has 2 aromatic rings. The van der Waals surface area contributed by atoms with Crippen molar-refractivity contribution in [3.05, 3.63) is 57.7 Å². The Bertz CT molecular complexity index is 775. The van der Waals surface area contributed by atoms with Crippen LogP contribution in [0.1, 0.15) is 35.7 Å². The van der Waals surface area contributed by atoms with Gasteiger partial charge in [0.2, 0.25) is 0 Å². The molecule has 7 heteroatoms. The summed E-state index contributed by atoms with van der Waals surface area (Å²) in [6, 6.07) is 9.30. The van der Waals surface area contributed by atoms with Crippen LogP contribution in [0.5, 0.6) is 0 Å². The lowest BCUT2D eigenvalue weighted by Crippen LogP contribution is -2.37. The fourth-order valence-electron chi connectivity index (χ4n) is 3.07. The van der Waals surface area contributed by atoms with Crippen LogP contribution in [-0.2, 0) is 11.3 Å². The topological polar surface area (TPSA) is 54.5 Å². The molecule has 3 rings (SSSR count). The summed E-state index contributed by atoms with van der Waals surface area (Å²) in [5.41, 5.74) is 1.61. The summed E-state index contributed by atoms with van der Waals surface area (Å²) in [6.07, 6.45) is 3.71. The molecule has 0 bridgehead atoms. The van der Waals surface area contributed by atoms with E-state index in [1.165, 1.54) is 0 Å². The molecule has 1 fully saturated rings. The highest BCUT2D eigenvalue weighted by Crippen LogP contribution is 2.24. The molecule has 0 spiro atoms. The molecule has 0 saturated carbocycles. The second kappa shape index (κ2) is 9.40. The van der Waals surface area contributed by atoms with Crippen molar-refractivity contribution in [1.82, 2.24) is 10.3 Å². The molecule has 1 aliphatic heterocycles. The number of pyridine rings is 1. The molecular weight excluding hydrogens is 385 g/mol. The van der Waals surface area contributed by atoms with Crippen molar-refractivity contribution in [3.8, 4) is 0 Å². The Balaban J connectivity index is 1.48. The van der Waals surface area contributed by atoms with Gasteiger partial charge in [0.25, 0.3) is 5.91 Å². The van der Waals surface area contributed by atoms with E-state index in [1.807, 2.05) is 31.2 Å². The van der Waals surface area contributed by atoms with E-state index in [4.69, 9.17) is 27.9 Å². The maximum absolute atomic E-state index is 11.8. The Morgan fingerprint density at radius 3 is 2.63 bits per heavy atom. The molecular formula is C20H23Cl2N3O2. The van der Waals surface area contributed by atoms with Gasteiger partial charge in [-0.1, -0.05) is 29.3 Å². The van der Waals surface area contributed by atoms with Crippen molar-refractivity contribution in [3.63, 3.8) is 0 Å². The van der Waals surface area contributed by atoms with Crippen molar-refractivity contribution in [2.75, 3.05) is 24.5 Å². The van der Waals surface area contributed by atoms with Gasteiger partial charge in [-0.25, -0.2) is 4.98 Å². The van der Waals surface area contributed by atoms with Gasteiger partial charge < -0.3 is 15.0 Å². The third-order valence-corrected chi connectivity index (χ3v) is 5.32. The van der Waals surface area contributed by atoms with Gasteiger partial charge in [-0.05, 0) is 49.6 Å². The fraction of sp³-hybridized carbons (Fsp3) is 0.400. The van der Waals surface area contributed by atoms with Gasteiger partial charge in [-0.15, -0.1) is 0 Å². The third-order valence-electron chi connectivity index (χ3n) is 4.58. The molecule has 27 heavy (non-hydrogen) atoms. The SMILES string of the molecule is CCNC(=O)c1ccc(N2CCC(OCc3ccc(Cl)c(Cl)c3)CC2)nc1. The van der Waals surface area contributed by atoms with E-state index in [2.05, 4.69) is 15.2 Å². The number of carbonyl (C=O) groups excluding carboxylic acids is 1. The monoisotopic (exact) mass is 407 g/mol. The first kappa shape index (κ1) is 19.9. The molecule has 1 aromatic carbocycles. The van der Waals surface area contributed by atoms with Gasteiger partial charge in [-0.2, -0.15) is 0 Å². The summed E-state index contributed by atoms with van der Waals surface area (Å²) >= 11 is 12.0. The number of amides is 1. The van der Waals surface area contributed by atoms with E-state index in [9.17, 15) is 4.79 Å². The van der Waals surface area contributed by atoms with Gasteiger partial charge >= 0.3 is 0 Å². The number of rotatable bonds is 6. The normalized spacial score (nSPS) is 15.0. The number of nitrogens with zero attached hydrogens (tertiary/aromatic N) is 2. The average Bonchev–Trinajstić information content (AvgIpc) is 2.70. The van der Waals surface area contributed by atoms with Gasteiger partial charge in [0, 0.05) is 25.8 Å². The largest absolute Gasteiger partial charge is 0.373 e. The molecule has 1 aromatic heterocycles. The zero-order valence-electron chi connectivity index (χ0n) is 15.3. The zero-order chi connectivity index (χ0) is 19.2. The smallest absolute Gasteiger partial charge is 0.252 e. The van der Waals surface area contributed by atoms with Gasteiger partial charge in [0.05, 0.1) is 28.3 Å². The first-order valence-corrected chi connectivity index (χ1v) is 9.87. The molecule has 0 radical (unpaired) electrons. The van der Waals surface area contributed by atoms with E-state index in [0.29, 0.717) is 28.8 Å². The van der Waals surface area contributed by atoms with Crippen LogP contribution in [0.15, 0.2) is 36.5 Å². The second-order valence-corrected chi connectivity index (χ2v) is 7.32. The number of piperidine rings is 1. The Hall–Kier alpha value is -1.82. The van der Waals surface area contributed by atoms with Gasteiger partial charge in [0.1, 0.15) is 5.82 Å². The summed E-state index contributed by atoms with van der Waals surface area (Å²) in [7, 11) is 0. The van der Waals surface area contributed by atoms with Crippen molar-refractivity contribution in [2.24, 2.45) is 0 Å². The van der Waals surface area contributed by atoms with Crippen molar-refractivity contribution < 1.29 is 9.53 Å². The van der Waals surface area contributed by atoms with E-state index < -0.39 is 0 Å². The molecule has 0 aliphatic carbocycles. The first-order valence-electron chi connectivity index (χ1n) is 9.11. The molecule has 0 atom stereocenters. The predicted molar refractivity (Wildman–Crippen MR) is 109 cm³/mol. The van der Waals surface area contributed by atoms with Gasteiger partial charge in [0.15, 0.2) is 0 Å². The van der Waals surface area contributed by atoms with Crippen LogP contribution < -0.4 is 10.2 Å². The second-order valence-electron chi connectivity index (χ2n) is 6.51. The van der Waals surface area contributed by atoms with E-state index in [0.717, 1.165) is 37.3 Å². The molecule has 1 N–H and O–H groups in total. The number of anilines is 1. The number of aromatic nitrogens is 1. The zero-order valence-corrected chi connectivity index (χ0v) is 16.8.